The smallest absolute Gasteiger partial charge is 0.336 e. The molecule has 0 N–H and O–H groups in total. The van der Waals surface area contributed by atoms with E-state index in [1.165, 1.54) is 41.3 Å². The highest BCUT2D eigenvalue weighted by molar-refractivity contribution is 6.31. The fraction of sp³-hybridized carbons (Fsp3) is 0.158. The number of anilines is 1. The number of hydrogen-bond acceptors (Lipinski definition) is 5. The first kappa shape index (κ1) is 18.1. The van der Waals surface area contributed by atoms with Crippen LogP contribution in [0.3, 0.4) is 0 Å². The lowest BCUT2D eigenvalue weighted by molar-refractivity contribution is -0.384. The van der Waals surface area contributed by atoms with E-state index in [9.17, 15) is 24.1 Å². The number of nitro groups is 1. The lowest BCUT2D eigenvalue weighted by Crippen LogP contribution is -2.37. The summed E-state index contributed by atoms with van der Waals surface area (Å²) < 4.78 is 18.6. The molecule has 2 aromatic carbocycles. The number of carbonyl (C=O) groups is 2. The summed E-state index contributed by atoms with van der Waals surface area (Å²) in [5, 5.41) is 10.7. The van der Waals surface area contributed by atoms with Crippen molar-refractivity contribution in [3.8, 4) is 0 Å². The predicted octanol–water partition coefficient (Wildman–Crippen LogP) is 3.72. The molecule has 2 aromatic rings. The summed E-state index contributed by atoms with van der Waals surface area (Å²) in [5.74, 6) is -2.07. The number of ether oxygens (including phenoxy) is 1. The van der Waals surface area contributed by atoms with E-state index < -0.39 is 22.6 Å². The fourth-order valence-corrected chi connectivity index (χ4v) is 3.67. The number of halogens is 2. The van der Waals surface area contributed by atoms with Gasteiger partial charge >= 0.3 is 5.97 Å². The van der Waals surface area contributed by atoms with Crippen molar-refractivity contribution in [2.75, 3.05) is 11.5 Å². The molecule has 0 fully saturated rings. The summed E-state index contributed by atoms with van der Waals surface area (Å²) in [6.07, 6.45) is -0.0409. The van der Waals surface area contributed by atoms with Crippen molar-refractivity contribution >= 4 is 34.9 Å². The highest BCUT2D eigenvalue weighted by Crippen LogP contribution is 2.42. The van der Waals surface area contributed by atoms with Crippen molar-refractivity contribution < 1.29 is 23.6 Å². The number of esters is 1. The van der Waals surface area contributed by atoms with E-state index in [1.54, 1.807) is 0 Å². The van der Waals surface area contributed by atoms with E-state index in [4.69, 9.17) is 16.3 Å². The van der Waals surface area contributed by atoms with E-state index in [2.05, 4.69) is 0 Å². The Bertz CT molecular complexity index is 1050. The number of cyclic esters (lactones) is 1. The van der Waals surface area contributed by atoms with E-state index in [0.717, 1.165) is 6.07 Å². The minimum atomic E-state index is -0.619. The summed E-state index contributed by atoms with van der Waals surface area (Å²) in [5.41, 5.74) is 1.53. The molecular weight excluding hydrogens is 391 g/mol. The van der Waals surface area contributed by atoms with Gasteiger partial charge in [-0.3, -0.25) is 19.8 Å². The van der Waals surface area contributed by atoms with Gasteiger partial charge in [-0.25, -0.2) is 9.18 Å². The quantitative estimate of drug-likeness (QED) is 0.443. The second kappa shape index (κ2) is 6.72. The molecule has 2 aliphatic rings. The molecule has 0 saturated heterocycles. The van der Waals surface area contributed by atoms with Crippen LogP contribution in [0.15, 0.2) is 53.7 Å². The Morgan fingerprint density at radius 3 is 2.54 bits per heavy atom. The van der Waals surface area contributed by atoms with Crippen LogP contribution in [-0.4, -0.2) is 23.4 Å². The third-order valence-corrected chi connectivity index (χ3v) is 5.07. The number of amides is 1. The Morgan fingerprint density at radius 1 is 1.18 bits per heavy atom. The Balaban J connectivity index is 1.79. The van der Waals surface area contributed by atoms with Crippen molar-refractivity contribution in [3.63, 3.8) is 0 Å². The summed E-state index contributed by atoms with van der Waals surface area (Å²) in [6.45, 7) is -0.0988. The van der Waals surface area contributed by atoms with Gasteiger partial charge in [-0.1, -0.05) is 23.7 Å². The monoisotopic (exact) mass is 402 g/mol. The molecule has 28 heavy (non-hydrogen) atoms. The molecule has 2 heterocycles. The number of nitrogens with zero attached hydrogens (tertiary/aromatic N) is 2. The minimum absolute atomic E-state index is 0.0409. The standard InChI is InChI=1S/C19H12ClFN2O5/c20-14-7-12(5-6-15(14)21)22-16-9-28-19(25)18(16)13(8-17(22)24)10-1-3-11(4-2-10)23(26)27/h1-7,13H,8-9H2. The van der Waals surface area contributed by atoms with Crippen LogP contribution in [0.1, 0.15) is 17.9 Å². The topological polar surface area (TPSA) is 89.7 Å². The molecule has 9 heteroatoms. The molecule has 1 unspecified atom stereocenters. The van der Waals surface area contributed by atoms with Gasteiger partial charge in [-0.2, -0.15) is 0 Å². The zero-order valence-corrected chi connectivity index (χ0v) is 15.0. The van der Waals surface area contributed by atoms with Crippen LogP contribution < -0.4 is 4.90 Å². The van der Waals surface area contributed by atoms with Crippen molar-refractivity contribution in [2.24, 2.45) is 0 Å². The molecule has 7 nitrogen and oxygen atoms in total. The van der Waals surface area contributed by atoms with Gasteiger partial charge in [0.25, 0.3) is 5.69 Å². The summed E-state index contributed by atoms with van der Waals surface area (Å²) >= 11 is 5.84. The first-order valence-corrected chi connectivity index (χ1v) is 8.67. The van der Waals surface area contributed by atoms with Gasteiger partial charge in [0.2, 0.25) is 5.91 Å². The Labute approximate surface area is 163 Å². The van der Waals surface area contributed by atoms with Gasteiger partial charge in [-0.15, -0.1) is 0 Å². The third kappa shape index (κ3) is 2.91. The highest BCUT2D eigenvalue weighted by Gasteiger charge is 2.43. The number of benzene rings is 2. The second-order valence-corrected chi connectivity index (χ2v) is 6.78. The highest BCUT2D eigenvalue weighted by atomic mass is 35.5. The Kier molecular flexibility index (Phi) is 4.35. The molecular formula is C19H12ClFN2O5. The fourth-order valence-electron chi connectivity index (χ4n) is 3.49. The van der Waals surface area contributed by atoms with Crippen LogP contribution in [0.5, 0.6) is 0 Å². The van der Waals surface area contributed by atoms with Gasteiger partial charge in [0.15, 0.2) is 0 Å². The minimum Gasteiger partial charge on any atom is -0.456 e. The molecule has 0 bridgehead atoms. The number of non-ortho nitro benzene ring substituents is 1. The molecule has 0 aliphatic carbocycles. The molecule has 0 spiro atoms. The number of hydrogen-bond donors (Lipinski definition) is 0. The van der Waals surface area contributed by atoms with Crippen LogP contribution in [0.4, 0.5) is 15.8 Å². The molecule has 1 amide bonds. The first-order chi connectivity index (χ1) is 13.4. The molecule has 0 saturated carbocycles. The van der Waals surface area contributed by atoms with Crippen LogP contribution in [0.2, 0.25) is 5.02 Å². The van der Waals surface area contributed by atoms with E-state index in [0.29, 0.717) is 22.5 Å². The maximum absolute atomic E-state index is 13.5. The zero-order valence-electron chi connectivity index (χ0n) is 14.2. The summed E-state index contributed by atoms with van der Waals surface area (Å²) in [6, 6.07) is 9.56. The Morgan fingerprint density at radius 2 is 1.89 bits per heavy atom. The number of carbonyl (C=O) groups excluding carboxylic acids is 2. The van der Waals surface area contributed by atoms with E-state index in [-0.39, 0.29) is 29.6 Å². The molecule has 0 aromatic heterocycles. The van der Waals surface area contributed by atoms with Gasteiger partial charge in [0.1, 0.15) is 12.4 Å². The van der Waals surface area contributed by atoms with Crippen LogP contribution in [0, 0.1) is 15.9 Å². The maximum atomic E-state index is 13.5. The molecule has 142 valence electrons. The van der Waals surface area contributed by atoms with Gasteiger partial charge in [-0.05, 0) is 23.8 Å². The van der Waals surface area contributed by atoms with E-state index in [1.807, 2.05) is 0 Å². The largest absolute Gasteiger partial charge is 0.456 e. The number of rotatable bonds is 3. The predicted molar refractivity (Wildman–Crippen MR) is 97.3 cm³/mol. The Hall–Kier alpha value is -3.26. The average Bonchev–Trinajstić information content (AvgIpc) is 3.05. The zero-order chi connectivity index (χ0) is 20.0. The van der Waals surface area contributed by atoms with Crippen LogP contribution >= 0.6 is 11.6 Å². The van der Waals surface area contributed by atoms with Gasteiger partial charge < -0.3 is 4.74 Å². The maximum Gasteiger partial charge on any atom is 0.336 e. The summed E-state index contributed by atoms with van der Waals surface area (Å²) in [7, 11) is 0. The van der Waals surface area contributed by atoms with Crippen LogP contribution in [-0.2, 0) is 14.3 Å². The third-order valence-electron chi connectivity index (χ3n) is 4.78. The van der Waals surface area contributed by atoms with Gasteiger partial charge in [0, 0.05) is 24.5 Å². The normalized spacial score (nSPS) is 18.9. The lowest BCUT2D eigenvalue weighted by Gasteiger charge is -2.32. The number of nitro benzene ring substituents is 1. The van der Waals surface area contributed by atoms with Gasteiger partial charge in [0.05, 0.1) is 26.9 Å². The first-order valence-electron chi connectivity index (χ1n) is 8.29. The van der Waals surface area contributed by atoms with Crippen LogP contribution in [0.25, 0.3) is 0 Å². The molecule has 4 rings (SSSR count). The van der Waals surface area contributed by atoms with Crippen molar-refractivity contribution in [1.29, 1.82) is 0 Å². The molecule has 0 radical (unpaired) electrons. The van der Waals surface area contributed by atoms with Crippen molar-refractivity contribution in [1.82, 2.24) is 0 Å². The van der Waals surface area contributed by atoms with E-state index >= 15 is 0 Å². The SMILES string of the molecule is O=C1OCC2=C1C(c1ccc([N+](=O)[O-])cc1)CC(=O)N2c1ccc(F)c(Cl)c1. The lowest BCUT2D eigenvalue weighted by atomic mass is 9.84. The summed E-state index contributed by atoms with van der Waals surface area (Å²) in [4.78, 5) is 36.9. The van der Waals surface area contributed by atoms with Crippen molar-refractivity contribution in [3.05, 3.63) is 80.3 Å². The average molecular weight is 403 g/mol. The van der Waals surface area contributed by atoms with Crippen molar-refractivity contribution in [2.45, 2.75) is 12.3 Å². The molecule has 1 atom stereocenters. The molecule has 2 aliphatic heterocycles. The second-order valence-electron chi connectivity index (χ2n) is 6.37.